The molecule has 0 aliphatic heterocycles. The molecule has 0 radical (unpaired) electrons. The molecule has 0 saturated carbocycles. The number of carbonyl (C=O) groups is 1. The summed E-state index contributed by atoms with van der Waals surface area (Å²) in [7, 11) is 1.87. The van der Waals surface area contributed by atoms with Gasteiger partial charge >= 0.3 is 0 Å². The smallest absolute Gasteiger partial charge is 0.149 e. The van der Waals surface area contributed by atoms with Crippen LogP contribution in [0.25, 0.3) is 0 Å². The Hall–Kier alpha value is -0.370. The molecule has 0 fully saturated rings. The van der Waals surface area contributed by atoms with Gasteiger partial charge in [-0.2, -0.15) is 0 Å². The van der Waals surface area contributed by atoms with Gasteiger partial charge < -0.3 is 5.32 Å². The number of nitrogens with one attached hydrogen (secondary N) is 1. The third-order valence-corrected chi connectivity index (χ3v) is 3.36. The average Bonchev–Trinajstić information content (AvgIpc) is 2.22. The van der Waals surface area contributed by atoms with E-state index in [1.54, 1.807) is 6.92 Å². The van der Waals surface area contributed by atoms with Crippen LogP contribution in [-0.4, -0.2) is 18.4 Å². The van der Waals surface area contributed by atoms with Gasteiger partial charge in [-0.3, -0.25) is 4.79 Å². The highest BCUT2D eigenvalue weighted by atomic mass is 16.1. The van der Waals surface area contributed by atoms with Gasteiger partial charge in [-0.15, -0.1) is 0 Å². The summed E-state index contributed by atoms with van der Waals surface area (Å²) in [5, 5.41) is 3.13. The van der Waals surface area contributed by atoms with Gasteiger partial charge in [-0.1, -0.05) is 45.4 Å². The Morgan fingerprint density at radius 3 is 2.13 bits per heavy atom. The van der Waals surface area contributed by atoms with E-state index < -0.39 is 0 Å². The first-order valence-electron chi connectivity index (χ1n) is 6.26. The lowest BCUT2D eigenvalue weighted by atomic mass is 9.90. The maximum atomic E-state index is 11.4. The Bertz CT molecular complexity index is 179. The molecule has 0 aromatic rings. The molecular weight excluding hydrogens is 186 g/mol. The Balaban J connectivity index is 3.60. The quantitative estimate of drug-likeness (QED) is 0.595. The Labute approximate surface area is 94.8 Å². The van der Waals surface area contributed by atoms with Crippen molar-refractivity contribution in [2.45, 2.75) is 71.3 Å². The zero-order chi connectivity index (χ0) is 11.7. The molecule has 15 heavy (non-hydrogen) atoms. The first kappa shape index (κ1) is 14.6. The van der Waals surface area contributed by atoms with E-state index in [1.165, 1.54) is 32.1 Å². The fourth-order valence-electron chi connectivity index (χ4n) is 1.74. The van der Waals surface area contributed by atoms with E-state index in [1.807, 2.05) is 14.0 Å². The minimum Gasteiger partial charge on any atom is -0.308 e. The summed E-state index contributed by atoms with van der Waals surface area (Å²) < 4.78 is 0. The van der Waals surface area contributed by atoms with Crippen molar-refractivity contribution >= 4 is 5.78 Å². The second-order valence-corrected chi connectivity index (χ2v) is 4.66. The minimum absolute atomic E-state index is 0.249. The van der Waals surface area contributed by atoms with Crippen molar-refractivity contribution in [1.82, 2.24) is 5.32 Å². The molecule has 0 heterocycles. The van der Waals surface area contributed by atoms with E-state index in [2.05, 4.69) is 12.2 Å². The van der Waals surface area contributed by atoms with Crippen molar-refractivity contribution in [3.05, 3.63) is 0 Å². The SMILES string of the molecule is CCCCCCCCC(C)(NC)C(C)=O. The summed E-state index contributed by atoms with van der Waals surface area (Å²) >= 11 is 0. The molecule has 1 N–H and O–H groups in total. The predicted octanol–water partition coefficient (Wildman–Crippen LogP) is 3.30. The Kier molecular flexibility index (Phi) is 7.67. The summed E-state index contributed by atoms with van der Waals surface area (Å²) in [6.45, 7) is 5.91. The molecule has 0 saturated heterocycles. The van der Waals surface area contributed by atoms with Crippen LogP contribution in [0.15, 0.2) is 0 Å². The standard InChI is InChI=1S/C13H27NO/c1-5-6-7-8-9-10-11-13(3,14-4)12(2)15/h14H,5-11H2,1-4H3. The van der Waals surface area contributed by atoms with Gasteiger partial charge in [0.1, 0.15) is 5.78 Å². The lowest BCUT2D eigenvalue weighted by molar-refractivity contribution is -0.122. The van der Waals surface area contributed by atoms with Gasteiger partial charge in [0.15, 0.2) is 0 Å². The molecule has 0 aromatic carbocycles. The van der Waals surface area contributed by atoms with Crippen LogP contribution in [0.2, 0.25) is 0 Å². The zero-order valence-electron chi connectivity index (χ0n) is 10.9. The summed E-state index contributed by atoms with van der Waals surface area (Å²) in [6, 6.07) is 0. The summed E-state index contributed by atoms with van der Waals surface area (Å²) in [5.41, 5.74) is -0.301. The number of ketones is 1. The molecule has 1 unspecified atom stereocenters. The highest BCUT2D eigenvalue weighted by molar-refractivity contribution is 5.85. The van der Waals surface area contributed by atoms with E-state index in [-0.39, 0.29) is 11.3 Å². The minimum atomic E-state index is -0.301. The maximum absolute atomic E-state index is 11.4. The van der Waals surface area contributed by atoms with Gasteiger partial charge in [0, 0.05) is 0 Å². The van der Waals surface area contributed by atoms with Crippen molar-refractivity contribution in [2.75, 3.05) is 7.05 Å². The van der Waals surface area contributed by atoms with Crippen LogP contribution in [0, 0.1) is 0 Å². The van der Waals surface area contributed by atoms with Crippen LogP contribution in [-0.2, 0) is 4.79 Å². The topological polar surface area (TPSA) is 29.1 Å². The van der Waals surface area contributed by atoms with Gasteiger partial charge in [-0.25, -0.2) is 0 Å². The number of unbranched alkanes of at least 4 members (excludes halogenated alkanes) is 5. The van der Waals surface area contributed by atoms with Crippen LogP contribution < -0.4 is 5.32 Å². The molecule has 2 nitrogen and oxygen atoms in total. The van der Waals surface area contributed by atoms with E-state index >= 15 is 0 Å². The Morgan fingerprint density at radius 1 is 1.13 bits per heavy atom. The molecule has 90 valence electrons. The third kappa shape index (κ3) is 5.93. The van der Waals surface area contributed by atoms with Crippen molar-refractivity contribution in [2.24, 2.45) is 0 Å². The number of likely N-dealkylation sites (N-methyl/N-ethyl adjacent to an activating group) is 1. The van der Waals surface area contributed by atoms with Crippen molar-refractivity contribution < 1.29 is 4.79 Å². The maximum Gasteiger partial charge on any atom is 0.149 e. The van der Waals surface area contributed by atoms with Crippen LogP contribution in [0.4, 0.5) is 0 Å². The van der Waals surface area contributed by atoms with E-state index in [9.17, 15) is 4.79 Å². The second kappa shape index (κ2) is 7.86. The van der Waals surface area contributed by atoms with Crippen LogP contribution in [0.5, 0.6) is 0 Å². The number of rotatable bonds is 9. The van der Waals surface area contributed by atoms with Gasteiger partial charge in [-0.05, 0) is 27.3 Å². The lowest BCUT2D eigenvalue weighted by Gasteiger charge is -2.26. The largest absolute Gasteiger partial charge is 0.308 e. The molecule has 0 spiro atoms. The molecule has 0 rings (SSSR count). The molecule has 0 aliphatic carbocycles. The van der Waals surface area contributed by atoms with Gasteiger partial charge in [0.05, 0.1) is 5.54 Å². The summed E-state index contributed by atoms with van der Waals surface area (Å²) in [5.74, 6) is 0.249. The first-order valence-corrected chi connectivity index (χ1v) is 6.26. The zero-order valence-corrected chi connectivity index (χ0v) is 10.9. The molecule has 0 aromatic heterocycles. The molecular formula is C13H27NO. The summed E-state index contributed by atoms with van der Waals surface area (Å²) in [6.07, 6.45) is 8.66. The van der Waals surface area contributed by atoms with E-state index in [0.29, 0.717) is 0 Å². The van der Waals surface area contributed by atoms with E-state index in [0.717, 1.165) is 12.8 Å². The summed E-state index contributed by atoms with van der Waals surface area (Å²) in [4.78, 5) is 11.4. The average molecular weight is 213 g/mol. The van der Waals surface area contributed by atoms with Gasteiger partial charge in [0.2, 0.25) is 0 Å². The molecule has 2 heteroatoms. The fraction of sp³-hybridized carbons (Fsp3) is 0.923. The predicted molar refractivity (Wildman–Crippen MR) is 66.1 cm³/mol. The highest BCUT2D eigenvalue weighted by Crippen LogP contribution is 2.16. The highest BCUT2D eigenvalue weighted by Gasteiger charge is 2.26. The number of hydrogen-bond donors (Lipinski definition) is 1. The monoisotopic (exact) mass is 213 g/mol. The van der Waals surface area contributed by atoms with Crippen molar-refractivity contribution in [3.63, 3.8) is 0 Å². The second-order valence-electron chi connectivity index (χ2n) is 4.66. The number of hydrogen-bond acceptors (Lipinski definition) is 2. The first-order chi connectivity index (χ1) is 7.06. The third-order valence-electron chi connectivity index (χ3n) is 3.36. The number of Topliss-reactive ketones (excluding diaryl/α,β-unsaturated/α-hetero) is 1. The molecule has 0 amide bonds. The Morgan fingerprint density at radius 2 is 1.67 bits per heavy atom. The lowest BCUT2D eigenvalue weighted by Crippen LogP contribution is -2.46. The van der Waals surface area contributed by atoms with Crippen LogP contribution >= 0.6 is 0 Å². The van der Waals surface area contributed by atoms with Crippen molar-refractivity contribution in [1.29, 1.82) is 0 Å². The van der Waals surface area contributed by atoms with Gasteiger partial charge in [0.25, 0.3) is 0 Å². The molecule has 0 aliphatic rings. The van der Waals surface area contributed by atoms with Crippen molar-refractivity contribution in [3.8, 4) is 0 Å². The normalized spacial score (nSPS) is 14.9. The van der Waals surface area contributed by atoms with Crippen LogP contribution in [0.3, 0.4) is 0 Å². The fourth-order valence-corrected chi connectivity index (χ4v) is 1.74. The van der Waals surface area contributed by atoms with E-state index in [4.69, 9.17) is 0 Å². The molecule has 1 atom stereocenters. The van der Waals surface area contributed by atoms with Crippen LogP contribution in [0.1, 0.15) is 65.7 Å². The molecule has 0 bridgehead atoms. The number of carbonyl (C=O) groups excluding carboxylic acids is 1.